The molecule has 1 heterocycles. The number of amides is 1. The van der Waals surface area contributed by atoms with Crippen LogP contribution in [0, 0.1) is 5.92 Å². The highest BCUT2D eigenvalue weighted by Gasteiger charge is 2.35. The molecule has 2 fully saturated rings. The predicted molar refractivity (Wildman–Crippen MR) is 93.7 cm³/mol. The van der Waals surface area contributed by atoms with Gasteiger partial charge in [0.05, 0.1) is 13.1 Å². The van der Waals surface area contributed by atoms with E-state index in [1.165, 1.54) is 30.6 Å². The summed E-state index contributed by atoms with van der Waals surface area (Å²) in [5.74, 6) is 0.978. The molecule has 23 heavy (non-hydrogen) atoms. The molecule has 126 valence electrons. The molecule has 1 aliphatic carbocycles. The fourth-order valence-corrected chi connectivity index (χ4v) is 4.13. The van der Waals surface area contributed by atoms with Crippen molar-refractivity contribution in [2.75, 3.05) is 13.1 Å². The second-order valence-electron chi connectivity index (χ2n) is 7.32. The highest BCUT2D eigenvalue weighted by atomic mass is 35.5. The van der Waals surface area contributed by atoms with Gasteiger partial charge in [0.25, 0.3) is 5.91 Å². The number of hydrogen-bond donors (Lipinski definition) is 2. The van der Waals surface area contributed by atoms with E-state index in [1.54, 1.807) is 0 Å². The van der Waals surface area contributed by atoms with E-state index in [0.717, 1.165) is 42.4 Å². The average Bonchev–Trinajstić information content (AvgIpc) is 3.04. The maximum absolute atomic E-state index is 13.0. The van der Waals surface area contributed by atoms with Gasteiger partial charge in [-0.1, -0.05) is 43.5 Å². The zero-order chi connectivity index (χ0) is 16.2. The molecule has 1 saturated carbocycles. The Bertz CT molecular complexity index is 517. The lowest BCUT2D eigenvalue weighted by atomic mass is 9.95. The number of likely N-dealkylation sites (tertiary alicyclic amines) is 1. The lowest BCUT2D eigenvalue weighted by Gasteiger charge is -2.33. The van der Waals surface area contributed by atoms with Crippen LogP contribution in [0.2, 0.25) is 5.02 Å². The number of piperidine rings is 1. The Kier molecular flexibility index (Phi) is 5.60. The maximum Gasteiger partial charge on any atom is 0.283 e. The van der Waals surface area contributed by atoms with Crippen molar-refractivity contribution < 1.29 is 9.69 Å². The van der Waals surface area contributed by atoms with Gasteiger partial charge in [-0.05, 0) is 43.7 Å². The Hall–Kier alpha value is -1.06. The van der Waals surface area contributed by atoms with Crippen molar-refractivity contribution in [3.63, 3.8) is 0 Å². The molecule has 0 spiro atoms. The Morgan fingerprint density at radius 2 is 1.74 bits per heavy atom. The van der Waals surface area contributed by atoms with E-state index in [0.29, 0.717) is 6.04 Å². The van der Waals surface area contributed by atoms with Gasteiger partial charge in [-0.3, -0.25) is 4.79 Å². The SMILES string of the molecule is CC1CC[NH+](C(C(=O)NC2CCCC2)c2ccc(Cl)cc2)CC1. The average molecular weight is 336 g/mol. The molecular formula is C19H28ClN2O+. The summed E-state index contributed by atoms with van der Waals surface area (Å²) in [7, 11) is 0. The monoisotopic (exact) mass is 335 g/mol. The minimum atomic E-state index is -0.0969. The first-order valence-corrected chi connectivity index (χ1v) is 9.41. The number of benzene rings is 1. The summed E-state index contributed by atoms with van der Waals surface area (Å²) in [5, 5.41) is 4.04. The third kappa shape index (κ3) is 4.27. The summed E-state index contributed by atoms with van der Waals surface area (Å²) < 4.78 is 0. The van der Waals surface area contributed by atoms with Gasteiger partial charge in [-0.25, -0.2) is 0 Å². The molecule has 1 aromatic rings. The molecule has 1 saturated heterocycles. The van der Waals surface area contributed by atoms with Crippen molar-refractivity contribution in [2.24, 2.45) is 5.92 Å². The Morgan fingerprint density at radius 1 is 1.13 bits per heavy atom. The van der Waals surface area contributed by atoms with Gasteiger partial charge in [0, 0.05) is 16.6 Å². The Labute approximate surface area is 144 Å². The van der Waals surface area contributed by atoms with Crippen molar-refractivity contribution in [1.82, 2.24) is 5.32 Å². The molecule has 3 rings (SSSR count). The van der Waals surface area contributed by atoms with Gasteiger partial charge in [0.15, 0.2) is 6.04 Å². The van der Waals surface area contributed by atoms with Crippen LogP contribution in [0.4, 0.5) is 0 Å². The fraction of sp³-hybridized carbons (Fsp3) is 0.632. The molecule has 1 atom stereocenters. The minimum Gasteiger partial charge on any atom is -0.348 e. The van der Waals surface area contributed by atoms with Crippen molar-refractivity contribution >= 4 is 17.5 Å². The second kappa shape index (κ2) is 7.67. The van der Waals surface area contributed by atoms with E-state index >= 15 is 0 Å². The number of nitrogens with one attached hydrogen (secondary N) is 2. The standard InChI is InChI=1S/C19H27ClN2O/c1-14-10-12-22(13-11-14)18(15-6-8-16(20)9-7-15)19(23)21-17-4-2-3-5-17/h6-9,14,17-18H,2-5,10-13H2,1H3,(H,21,23)/p+1. The van der Waals surface area contributed by atoms with Crippen molar-refractivity contribution in [3.8, 4) is 0 Å². The topological polar surface area (TPSA) is 33.5 Å². The number of carbonyl (C=O) groups excluding carboxylic acids is 1. The van der Waals surface area contributed by atoms with Gasteiger partial charge in [-0.2, -0.15) is 0 Å². The van der Waals surface area contributed by atoms with Crippen LogP contribution >= 0.6 is 11.6 Å². The Morgan fingerprint density at radius 3 is 2.35 bits per heavy atom. The third-order valence-corrected chi connectivity index (χ3v) is 5.74. The first-order valence-electron chi connectivity index (χ1n) is 9.04. The lowest BCUT2D eigenvalue weighted by molar-refractivity contribution is -0.927. The van der Waals surface area contributed by atoms with Crippen molar-refractivity contribution in [3.05, 3.63) is 34.9 Å². The number of hydrogen-bond acceptors (Lipinski definition) is 1. The van der Waals surface area contributed by atoms with Crippen LogP contribution in [0.1, 0.15) is 57.1 Å². The summed E-state index contributed by atoms with van der Waals surface area (Å²) in [6, 6.07) is 8.12. The smallest absolute Gasteiger partial charge is 0.283 e. The molecule has 0 bridgehead atoms. The number of rotatable bonds is 4. The molecule has 1 unspecified atom stereocenters. The van der Waals surface area contributed by atoms with Crippen molar-refractivity contribution in [2.45, 2.75) is 57.5 Å². The normalized spacial score (nSPS) is 26.9. The molecule has 4 heteroatoms. The van der Waals surface area contributed by atoms with E-state index in [1.807, 2.05) is 24.3 Å². The van der Waals surface area contributed by atoms with E-state index in [-0.39, 0.29) is 11.9 Å². The number of carbonyl (C=O) groups is 1. The molecule has 0 aromatic heterocycles. The molecule has 0 radical (unpaired) electrons. The summed E-state index contributed by atoms with van der Waals surface area (Å²) in [5.41, 5.74) is 1.09. The Balaban J connectivity index is 1.77. The highest BCUT2D eigenvalue weighted by molar-refractivity contribution is 6.30. The van der Waals surface area contributed by atoms with Crippen molar-refractivity contribution in [1.29, 1.82) is 0 Å². The minimum absolute atomic E-state index is 0.0969. The first-order chi connectivity index (χ1) is 11.1. The zero-order valence-electron chi connectivity index (χ0n) is 14.0. The van der Waals surface area contributed by atoms with Crippen LogP contribution < -0.4 is 10.2 Å². The van der Waals surface area contributed by atoms with Crippen LogP contribution in [-0.2, 0) is 4.79 Å². The van der Waals surface area contributed by atoms with Gasteiger partial charge < -0.3 is 10.2 Å². The summed E-state index contributed by atoms with van der Waals surface area (Å²) >= 11 is 6.03. The molecule has 1 amide bonds. The lowest BCUT2D eigenvalue weighted by Crippen LogP contribution is -3.14. The van der Waals surface area contributed by atoms with Gasteiger partial charge in [0.2, 0.25) is 0 Å². The molecule has 1 aromatic carbocycles. The first kappa shape index (κ1) is 16.8. The largest absolute Gasteiger partial charge is 0.348 e. The van der Waals surface area contributed by atoms with E-state index < -0.39 is 0 Å². The van der Waals surface area contributed by atoms with Crippen LogP contribution in [0.5, 0.6) is 0 Å². The molecule has 2 N–H and O–H groups in total. The molecule has 3 nitrogen and oxygen atoms in total. The zero-order valence-corrected chi connectivity index (χ0v) is 14.7. The summed E-state index contributed by atoms with van der Waals surface area (Å²) in [6.07, 6.45) is 7.15. The van der Waals surface area contributed by atoms with Crippen LogP contribution in [0.25, 0.3) is 0 Å². The molecule has 2 aliphatic rings. The summed E-state index contributed by atoms with van der Waals surface area (Å²) in [6.45, 7) is 4.46. The number of halogens is 1. The predicted octanol–water partition coefficient (Wildman–Crippen LogP) is 2.75. The fourth-order valence-electron chi connectivity index (χ4n) is 4.00. The maximum atomic E-state index is 13.0. The quantitative estimate of drug-likeness (QED) is 0.871. The van der Waals surface area contributed by atoms with Gasteiger partial charge in [0.1, 0.15) is 0 Å². The van der Waals surface area contributed by atoms with E-state index in [9.17, 15) is 4.79 Å². The second-order valence-corrected chi connectivity index (χ2v) is 7.75. The van der Waals surface area contributed by atoms with Crippen LogP contribution in [0.3, 0.4) is 0 Å². The van der Waals surface area contributed by atoms with Crippen LogP contribution in [0.15, 0.2) is 24.3 Å². The highest BCUT2D eigenvalue weighted by Crippen LogP contribution is 2.21. The van der Waals surface area contributed by atoms with Crippen LogP contribution in [-0.4, -0.2) is 25.0 Å². The number of quaternary nitrogens is 1. The third-order valence-electron chi connectivity index (χ3n) is 5.49. The van der Waals surface area contributed by atoms with E-state index in [4.69, 9.17) is 11.6 Å². The van der Waals surface area contributed by atoms with E-state index in [2.05, 4.69) is 12.2 Å². The van der Waals surface area contributed by atoms with Gasteiger partial charge >= 0.3 is 0 Å². The molecule has 1 aliphatic heterocycles. The van der Waals surface area contributed by atoms with Gasteiger partial charge in [-0.15, -0.1) is 0 Å². The summed E-state index contributed by atoms with van der Waals surface area (Å²) in [4.78, 5) is 14.4. The molecular weight excluding hydrogens is 308 g/mol.